The fourth-order valence-corrected chi connectivity index (χ4v) is 3.29. The van der Waals surface area contributed by atoms with Gasteiger partial charge in [0.15, 0.2) is 0 Å². The minimum absolute atomic E-state index is 0.286. The van der Waals surface area contributed by atoms with Gasteiger partial charge < -0.3 is 15.2 Å². The highest BCUT2D eigenvalue weighted by atomic mass is 35.5. The lowest BCUT2D eigenvalue weighted by Crippen LogP contribution is -2.23. The zero-order chi connectivity index (χ0) is 14.2. The number of ether oxygens (including phenoxy) is 1. The van der Waals surface area contributed by atoms with E-state index >= 15 is 0 Å². The molecule has 5 heteroatoms. The van der Waals surface area contributed by atoms with Gasteiger partial charge >= 0.3 is 0 Å². The summed E-state index contributed by atoms with van der Waals surface area (Å²) in [5.41, 5.74) is 1.22. The van der Waals surface area contributed by atoms with Crippen LogP contribution in [-0.2, 0) is 0 Å². The second-order valence-corrected chi connectivity index (χ2v) is 6.53. The number of thioether (sulfide) groups is 1. The summed E-state index contributed by atoms with van der Waals surface area (Å²) in [5, 5.41) is 13.1. The van der Waals surface area contributed by atoms with Crippen molar-refractivity contribution < 1.29 is 9.84 Å². The molecule has 0 radical (unpaired) electrons. The number of hydrogen-bond acceptors (Lipinski definition) is 4. The highest BCUT2D eigenvalue weighted by molar-refractivity contribution is 7.99. The van der Waals surface area contributed by atoms with Crippen molar-refractivity contribution in [1.29, 1.82) is 0 Å². The topological polar surface area (TPSA) is 41.5 Å². The van der Waals surface area contributed by atoms with E-state index in [4.69, 9.17) is 21.4 Å². The molecule has 0 aliphatic carbocycles. The number of hydrogen-bond donors (Lipinski definition) is 2. The number of aliphatic hydroxyl groups is 1. The van der Waals surface area contributed by atoms with Crippen LogP contribution in [0.3, 0.4) is 0 Å². The summed E-state index contributed by atoms with van der Waals surface area (Å²) in [5.74, 6) is 3.01. The SMILES string of the molecule is OCCCSCCNC1CCCOc2cc(Cl)ccc21. The molecule has 1 aromatic carbocycles. The summed E-state index contributed by atoms with van der Waals surface area (Å²) < 4.78 is 5.76. The van der Waals surface area contributed by atoms with Crippen molar-refractivity contribution in [3.8, 4) is 5.75 Å². The van der Waals surface area contributed by atoms with Gasteiger partial charge in [-0.2, -0.15) is 11.8 Å². The van der Waals surface area contributed by atoms with E-state index in [0.717, 1.165) is 54.7 Å². The molecule has 0 aromatic heterocycles. The van der Waals surface area contributed by atoms with E-state index in [1.807, 2.05) is 23.9 Å². The van der Waals surface area contributed by atoms with Gasteiger partial charge in [0.2, 0.25) is 0 Å². The Morgan fingerprint density at radius 2 is 2.30 bits per heavy atom. The molecule has 1 heterocycles. The first-order valence-corrected chi connectivity index (χ1v) is 8.69. The van der Waals surface area contributed by atoms with Crippen LogP contribution in [0.1, 0.15) is 30.9 Å². The number of benzene rings is 1. The van der Waals surface area contributed by atoms with Crippen molar-refractivity contribution >= 4 is 23.4 Å². The molecule has 3 nitrogen and oxygen atoms in total. The fraction of sp³-hybridized carbons (Fsp3) is 0.600. The van der Waals surface area contributed by atoms with E-state index in [1.165, 1.54) is 5.56 Å². The predicted molar refractivity (Wildman–Crippen MR) is 86.0 cm³/mol. The average molecular weight is 316 g/mol. The minimum atomic E-state index is 0.286. The van der Waals surface area contributed by atoms with Gasteiger partial charge in [-0.1, -0.05) is 17.7 Å². The Morgan fingerprint density at radius 3 is 3.15 bits per heavy atom. The third-order valence-electron chi connectivity index (χ3n) is 3.33. The predicted octanol–water partition coefficient (Wildman–Crippen LogP) is 3.26. The number of nitrogens with one attached hydrogen (secondary N) is 1. The lowest BCUT2D eigenvalue weighted by atomic mass is 10.0. The molecular weight excluding hydrogens is 294 g/mol. The lowest BCUT2D eigenvalue weighted by Gasteiger charge is -2.18. The van der Waals surface area contributed by atoms with Gasteiger partial charge in [0.1, 0.15) is 5.75 Å². The number of aliphatic hydroxyl groups excluding tert-OH is 1. The molecule has 1 atom stereocenters. The van der Waals surface area contributed by atoms with E-state index < -0.39 is 0 Å². The van der Waals surface area contributed by atoms with Crippen molar-refractivity contribution in [3.05, 3.63) is 28.8 Å². The van der Waals surface area contributed by atoms with Gasteiger partial charge in [-0.15, -0.1) is 0 Å². The largest absolute Gasteiger partial charge is 0.493 e. The molecule has 2 N–H and O–H groups in total. The van der Waals surface area contributed by atoms with Crippen LogP contribution >= 0.6 is 23.4 Å². The Kier molecular flexibility index (Phi) is 7.00. The molecule has 0 amide bonds. The standard InChI is InChI=1S/C15H22ClNO2S/c16-12-4-5-13-14(3-1-8-19-15(13)11-12)17-6-10-20-9-2-7-18/h4-5,11,14,17-18H,1-3,6-10H2. The second kappa shape index (κ2) is 8.78. The third-order valence-corrected chi connectivity index (χ3v) is 4.63. The lowest BCUT2D eigenvalue weighted by molar-refractivity contribution is 0.296. The van der Waals surface area contributed by atoms with E-state index in [-0.39, 0.29) is 6.61 Å². The first kappa shape index (κ1) is 16.0. The van der Waals surface area contributed by atoms with Crippen molar-refractivity contribution in [2.75, 3.05) is 31.3 Å². The summed E-state index contributed by atoms with van der Waals surface area (Å²) >= 11 is 7.91. The third kappa shape index (κ3) is 4.85. The number of halogens is 1. The Bertz CT molecular complexity index is 417. The van der Waals surface area contributed by atoms with Crippen LogP contribution in [0.2, 0.25) is 5.02 Å². The van der Waals surface area contributed by atoms with E-state index in [1.54, 1.807) is 0 Å². The zero-order valence-corrected chi connectivity index (χ0v) is 13.2. The molecule has 1 unspecified atom stereocenters. The highest BCUT2D eigenvalue weighted by Crippen LogP contribution is 2.33. The quantitative estimate of drug-likeness (QED) is 0.758. The van der Waals surface area contributed by atoms with Gasteiger partial charge in [-0.25, -0.2) is 0 Å². The minimum Gasteiger partial charge on any atom is -0.493 e. The average Bonchev–Trinajstić information content (AvgIpc) is 2.64. The summed E-state index contributed by atoms with van der Waals surface area (Å²) in [4.78, 5) is 0. The molecular formula is C15H22ClNO2S. The Balaban J connectivity index is 1.85. The van der Waals surface area contributed by atoms with Gasteiger partial charge in [-0.3, -0.25) is 0 Å². The maximum absolute atomic E-state index is 8.74. The first-order chi connectivity index (χ1) is 9.81. The monoisotopic (exact) mass is 315 g/mol. The molecule has 2 rings (SSSR count). The molecule has 0 bridgehead atoms. The van der Waals surface area contributed by atoms with E-state index in [9.17, 15) is 0 Å². The molecule has 1 aliphatic rings. The maximum Gasteiger partial charge on any atom is 0.125 e. The second-order valence-electron chi connectivity index (χ2n) is 4.87. The number of rotatable bonds is 7. The molecule has 0 fully saturated rings. The molecule has 1 aromatic rings. The van der Waals surface area contributed by atoms with Crippen LogP contribution in [0.5, 0.6) is 5.75 Å². The molecule has 20 heavy (non-hydrogen) atoms. The van der Waals surface area contributed by atoms with E-state index in [0.29, 0.717) is 6.04 Å². The van der Waals surface area contributed by atoms with Crippen LogP contribution in [-0.4, -0.2) is 36.4 Å². The summed E-state index contributed by atoms with van der Waals surface area (Å²) in [6.07, 6.45) is 3.03. The highest BCUT2D eigenvalue weighted by Gasteiger charge is 2.19. The summed E-state index contributed by atoms with van der Waals surface area (Å²) in [7, 11) is 0. The van der Waals surface area contributed by atoms with Crippen molar-refractivity contribution in [1.82, 2.24) is 5.32 Å². The molecule has 0 spiro atoms. The Hall–Kier alpha value is -0.420. The summed E-state index contributed by atoms with van der Waals surface area (Å²) in [6.45, 7) is 2.02. The first-order valence-electron chi connectivity index (χ1n) is 7.15. The van der Waals surface area contributed by atoms with E-state index in [2.05, 4.69) is 11.4 Å². The molecule has 1 aliphatic heterocycles. The van der Waals surface area contributed by atoms with Crippen molar-refractivity contribution in [3.63, 3.8) is 0 Å². The normalized spacial score (nSPS) is 18.2. The smallest absolute Gasteiger partial charge is 0.125 e. The molecule has 0 saturated heterocycles. The van der Waals surface area contributed by atoms with Crippen LogP contribution in [0.15, 0.2) is 18.2 Å². The Labute approximate surface area is 130 Å². The van der Waals surface area contributed by atoms with Gasteiger partial charge in [0.05, 0.1) is 6.61 Å². The van der Waals surface area contributed by atoms with Crippen molar-refractivity contribution in [2.24, 2.45) is 0 Å². The Morgan fingerprint density at radius 1 is 1.40 bits per heavy atom. The fourth-order valence-electron chi connectivity index (χ4n) is 2.33. The zero-order valence-electron chi connectivity index (χ0n) is 11.6. The van der Waals surface area contributed by atoms with Crippen LogP contribution in [0, 0.1) is 0 Å². The van der Waals surface area contributed by atoms with Crippen molar-refractivity contribution in [2.45, 2.75) is 25.3 Å². The number of fused-ring (bicyclic) bond motifs is 1. The maximum atomic E-state index is 8.74. The molecule has 112 valence electrons. The van der Waals surface area contributed by atoms with Crippen LogP contribution < -0.4 is 10.1 Å². The van der Waals surface area contributed by atoms with Gasteiger partial charge in [-0.05, 0) is 37.1 Å². The van der Waals surface area contributed by atoms with Gasteiger partial charge in [0.25, 0.3) is 0 Å². The summed E-state index contributed by atoms with van der Waals surface area (Å²) in [6, 6.07) is 6.26. The van der Waals surface area contributed by atoms with Gasteiger partial charge in [0, 0.05) is 35.5 Å². The molecule has 0 saturated carbocycles. The van der Waals surface area contributed by atoms with Crippen LogP contribution in [0.25, 0.3) is 0 Å². The van der Waals surface area contributed by atoms with Crippen LogP contribution in [0.4, 0.5) is 0 Å².